The molecule has 1 N–H and O–H groups in total. The van der Waals surface area contributed by atoms with E-state index in [2.05, 4.69) is 15.3 Å². The van der Waals surface area contributed by atoms with Crippen LogP contribution >= 0.6 is 0 Å². The van der Waals surface area contributed by atoms with Crippen LogP contribution in [0.4, 0.5) is 18.9 Å². The van der Waals surface area contributed by atoms with Crippen LogP contribution < -0.4 is 14.8 Å². The van der Waals surface area contributed by atoms with Crippen LogP contribution in [-0.2, 0) is 15.4 Å². The zero-order chi connectivity index (χ0) is 28.6. The van der Waals surface area contributed by atoms with Crippen molar-refractivity contribution in [3.63, 3.8) is 0 Å². The second-order valence-corrected chi connectivity index (χ2v) is 9.14. The molecule has 0 saturated carbocycles. The SMILES string of the molecule is CC=Nc1cc(OC)c(OCCOC)cc1C(=NC)N[C@H](C)c1cccc(C(F)(F)C2CN(C)CCO2)c1F. The number of nitrogens with one attached hydrogen (secondary N) is 1. The topological polar surface area (TPSA) is 76.9 Å². The summed E-state index contributed by atoms with van der Waals surface area (Å²) in [5, 5.41) is 3.17. The summed E-state index contributed by atoms with van der Waals surface area (Å²) in [6.07, 6.45) is 0.179. The number of hydrogen-bond acceptors (Lipinski definition) is 7. The Morgan fingerprint density at radius 2 is 2.03 bits per heavy atom. The molecular weight excluding hydrogens is 513 g/mol. The fourth-order valence-electron chi connectivity index (χ4n) is 4.35. The molecular formula is C28H37F3N4O4. The monoisotopic (exact) mass is 550 g/mol. The predicted octanol–water partition coefficient (Wildman–Crippen LogP) is 4.73. The zero-order valence-corrected chi connectivity index (χ0v) is 23.3. The lowest BCUT2D eigenvalue weighted by Crippen LogP contribution is -2.48. The van der Waals surface area contributed by atoms with Crippen molar-refractivity contribution in [3.8, 4) is 11.5 Å². The lowest BCUT2D eigenvalue weighted by Gasteiger charge is -2.35. The van der Waals surface area contributed by atoms with Gasteiger partial charge in [0, 0.05) is 50.7 Å². The minimum absolute atomic E-state index is 0.00406. The van der Waals surface area contributed by atoms with Crippen molar-refractivity contribution in [3.05, 3.63) is 52.8 Å². The van der Waals surface area contributed by atoms with Crippen molar-refractivity contribution < 1.29 is 32.1 Å². The van der Waals surface area contributed by atoms with Crippen LogP contribution in [0.5, 0.6) is 11.5 Å². The summed E-state index contributed by atoms with van der Waals surface area (Å²) in [5.74, 6) is -3.21. The number of methoxy groups -OCH3 is 2. The van der Waals surface area contributed by atoms with Crippen molar-refractivity contribution in [1.82, 2.24) is 10.2 Å². The summed E-state index contributed by atoms with van der Waals surface area (Å²) in [4.78, 5) is 10.5. The minimum Gasteiger partial charge on any atom is -0.493 e. The van der Waals surface area contributed by atoms with E-state index in [-0.39, 0.29) is 25.3 Å². The van der Waals surface area contributed by atoms with Gasteiger partial charge >= 0.3 is 5.92 Å². The Bertz CT molecular complexity index is 1180. The molecule has 11 heteroatoms. The van der Waals surface area contributed by atoms with Gasteiger partial charge < -0.3 is 29.2 Å². The third-order valence-electron chi connectivity index (χ3n) is 6.46. The van der Waals surface area contributed by atoms with E-state index in [0.717, 1.165) is 6.07 Å². The molecule has 3 rings (SSSR count). The van der Waals surface area contributed by atoms with Gasteiger partial charge in [0.1, 0.15) is 24.4 Å². The maximum Gasteiger partial charge on any atom is 0.302 e. The Balaban J connectivity index is 1.94. The lowest BCUT2D eigenvalue weighted by molar-refractivity contribution is -0.171. The van der Waals surface area contributed by atoms with Gasteiger partial charge in [0.05, 0.1) is 37.6 Å². The molecule has 1 unspecified atom stereocenters. The van der Waals surface area contributed by atoms with Crippen LogP contribution in [0.15, 0.2) is 40.3 Å². The van der Waals surface area contributed by atoms with E-state index in [0.29, 0.717) is 41.7 Å². The highest BCUT2D eigenvalue weighted by molar-refractivity contribution is 6.04. The number of likely N-dealkylation sites (N-methyl/N-ethyl adjacent to an activating group) is 1. The Labute approximate surface area is 227 Å². The maximum absolute atomic E-state index is 15.7. The largest absolute Gasteiger partial charge is 0.493 e. The van der Waals surface area contributed by atoms with Gasteiger partial charge in [-0.1, -0.05) is 12.1 Å². The average Bonchev–Trinajstić information content (AvgIpc) is 2.92. The number of ether oxygens (including phenoxy) is 4. The fourth-order valence-corrected chi connectivity index (χ4v) is 4.35. The van der Waals surface area contributed by atoms with Gasteiger partial charge in [-0.25, -0.2) is 4.39 Å². The average molecular weight is 551 g/mol. The Hall–Kier alpha value is -3.15. The highest BCUT2D eigenvalue weighted by Crippen LogP contribution is 2.39. The number of benzene rings is 2. The van der Waals surface area contributed by atoms with Crippen LogP contribution in [-0.4, -0.2) is 84.3 Å². The molecule has 8 nitrogen and oxygen atoms in total. The third kappa shape index (κ3) is 7.09. The number of amidine groups is 1. The van der Waals surface area contributed by atoms with E-state index in [4.69, 9.17) is 18.9 Å². The fraction of sp³-hybridized carbons (Fsp3) is 0.500. The molecule has 2 aromatic rings. The van der Waals surface area contributed by atoms with Gasteiger partial charge in [-0.05, 0) is 33.0 Å². The second kappa shape index (κ2) is 13.8. The zero-order valence-electron chi connectivity index (χ0n) is 23.3. The summed E-state index contributed by atoms with van der Waals surface area (Å²) in [6.45, 7) is 4.82. The van der Waals surface area contributed by atoms with Gasteiger partial charge in [0.2, 0.25) is 0 Å². The van der Waals surface area contributed by atoms with E-state index >= 15 is 13.2 Å². The highest BCUT2D eigenvalue weighted by atomic mass is 19.3. The number of halogens is 3. The lowest BCUT2D eigenvalue weighted by atomic mass is 9.96. The molecule has 0 spiro atoms. The van der Waals surface area contributed by atoms with Crippen LogP contribution in [0.1, 0.15) is 36.6 Å². The first-order chi connectivity index (χ1) is 18.7. The molecule has 0 amide bonds. The first-order valence-electron chi connectivity index (χ1n) is 12.7. The van der Waals surface area contributed by atoms with Crippen molar-refractivity contribution in [2.45, 2.75) is 31.9 Å². The molecule has 2 aromatic carbocycles. The number of morpholine rings is 1. The van der Waals surface area contributed by atoms with Crippen LogP contribution in [0.25, 0.3) is 0 Å². The van der Waals surface area contributed by atoms with Gasteiger partial charge in [-0.3, -0.25) is 9.98 Å². The molecule has 0 radical (unpaired) electrons. The van der Waals surface area contributed by atoms with Crippen molar-refractivity contribution in [2.24, 2.45) is 9.98 Å². The molecule has 2 atom stereocenters. The third-order valence-corrected chi connectivity index (χ3v) is 6.46. The molecule has 214 valence electrons. The number of alkyl halides is 2. The van der Waals surface area contributed by atoms with Crippen molar-refractivity contribution in [1.29, 1.82) is 0 Å². The summed E-state index contributed by atoms with van der Waals surface area (Å²) >= 11 is 0. The Morgan fingerprint density at radius 1 is 1.26 bits per heavy atom. The van der Waals surface area contributed by atoms with E-state index in [9.17, 15) is 0 Å². The van der Waals surface area contributed by atoms with Crippen LogP contribution in [0, 0.1) is 5.82 Å². The first kappa shape index (κ1) is 30.4. The molecule has 1 heterocycles. The number of hydrogen-bond donors (Lipinski definition) is 1. The van der Waals surface area contributed by atoms with Crippen molar-refractivity contribution >= 4 is 17.7 Å². The van der Waals surface area contributed by atoms with Gasteiger partial charge in [-0.15, -0.1) is 0 Å². The van der Waals surface area contributed by atoms with Crippen molar-refractivity contribution in [2.75, 3.05) is 61.2 Å². The van der Waals surface area contributed by atoms with Gasteiger partial charge in [0.25, 0.3) is 0 Å². The summed E-state index contributed by atoms with van der Waals surface area (Å²) in [7, 11) is 6.40. The predicted molar refractivity (Wildman–Crippen MR) is 146 cm³/mol. The molecule has 0 aromatic heterocycles. The van der Waals surface area contributed by atoms with Crippen LogP contribution in [0.3, 0.4) is 0 Å². The quantitative estimate of drug-likeness (QED) is 0.248. The van der Waals surface area contributed by atoms with Gasteiger partial charge in [0.15, 0.2) is 11.5 Å². The highest BCUT2D eigenvalue weighted by Gasteiger charge is 2.46. The smallest absolute Gasteiger partial charge is 0.302 e. The molecule has 1 aliphatic rings. The Kier molecular flexibility index (Phi) is 10.7. The molecule has 1 aliphatic heterocycles. The standard InChI is InChI=1S/C28H37F3N4O4/c1-7-33-22-16-23(37-6)24(38-14-13-36-5)15-20(22)27(32-3)34-18(2)19-9-8-10-21(26(19)29)28(30,31)25-17-35(4)11-12-39-25/h7-10,15-16,18,25H,11-14,17H2,1-6H3,(H,32,34)/t18-,25?/m1/s1. The number of rotatable bonds is 11. The van der Waals surface area contributed by atoms with E-state index in [1.54, 1.807) is 58.3 Å². The Morgan fingerprint density at radius 3 is 2.67 bits per heavy atom. The normalized spacial score (nSPS) is 17.9. The van der Waals surface area contributed by atoms with E-state index in [1.165, 1.54) is 19.2 Å². The summed E-state index contributed by atoms with van der Waals surface area (Å²) in [6, 6.07) is 6.73. The molecule has 39 heavy (non-hydrogen) atoms. The summed E-state index contributed by atoms with van der Waals surface area (Å²) < 4.78 is 68.2. The number of nitrogens with zero attached hydrogens (tertiary/aromatic N) is 3. The summed E-state index contributed by atoms with van der Waals surface area (Å²) in [5.41, 5.74) is 0.478. The van der Waals surface area contributed by atoms with E-state index in [1.807, 2.05) is 0 Å². The molecule has 0 bridgehead atoms. The van der Waals surface area contributed by atoms with E-state index < -0.39 is 29.4 Å². The van der Waals surface area contributed by atoms with Gasteiger partial charge in [-0.2, -0.15) is 8.78 Å². The molecule has 1 saturated heterocycles. The maximum atomic E-state index is 15.7. The number of aliphatic imine (C=N–C) groups is 2. The van der Waals surface area contributed by atoms with Crippen LogP contribution in [0.2, 0.25) is 0 Å². The molecule has 1 fully saturated rings. The molecule has 0 aliphatic carbocycles. The first-order valence-corrected chi connectivity index (χ1v) is 12.7. The minimum atomic E-state index is -3.51. The second-order valence-electron chi connectivity index (χ2n) is 9.14.